The van der Waals surface area contributed by atoms with E-state index >= 15 is 0 Å². The van der Waals surface area contributed by atoms with Gasteiger partial charge in [-0.05, 0) is 35.1 Å². The Morgan fingerprint density at radius 1 is 0.760 bits per heavy atom. The van der Waals surface area contributed by atoms with Gasteiger partial charge in [-0.25, -0.2) is 0 Å². The predicted molar refractivity (Wildman–Crippen MR) is 117 cm³/mol. The first kappa shape index (κ1) is 20.0. The fourth-order valence-corrected chi connectivity index (χ4v) is 9.64. The van der Waals surface area contributed by atoms with E-state index in [9.17, 15) is 0 Å². The molecule has 0 aromatic heterocycles. The van der Waals surface area contributed by atoms with Crippen LogP contribution in [0.2, 0.25) is 0 Å². The van der Waals surface area contributed by atoms with Crippen molar-refractivity contribution in [2.45, 2.75) is 37.8 Å². The topological polar surface area (TPSA) is 0 Å². The van der Waals surface area contributed by atoms with Crippen LogP contribution in [0, 0.1) is 0 Å². The van der Waals surface area contributed by atoms with Gasteiger partial charge in [-0.2, -0.15) is 0 Å². The van der Waals surface area contributed by atoms with Crippen LogP contribution in [0.25, 0.3) is 12.2 Å². The van der Waals surface area contributed by atoms with E-state index in [1.54, 1.807) is 0 Å². The van der Waals surface area contributed by atoms with Crippen LogP contribution in [0.1, 0.15) is 60.0 Å². The molecule has 132 valence electrons. The van der Waals surface area contributed by atoms with Crippen molar-refractivity contribution >= 4 is 41.0 Å². The minimum Gasteiger partial charge on any atom is -0.145 e. The van der Waals surface area contributed by atoms with Gasteiger partial charge in [0, 0.05) is 11.1 Å². The van der Waals surface area contributed by atoms with Crippen molar-refractivity contribution in [1.29, 1.82) is 0 Å². The molecule has 0 aliphatic heterocycles. The molecule has 2 aromatic rings. The molecular formula is C22H26Cl2Si. The smallest absolute Gasteiger partial charge is 0.145 e. The Morgan fingerprint density at radius 2 is 1.08 bits per heavy atom. The van der Waals surface area contributed by atoms with Crippen molar-refractivity contribution in [2.75, 3.05) is 0 Å². The Labute approximate surface area is 162 Å². The van der Waals surface area contributed by atoms with Crippen molar-refractivity contribution in [3.05, 3.63) is 83.9 Å². The average Bonchev–Trinajstić information content (AvgIpc) is 2.63. The monoisotopic (exact) mass is 388 g/mol. The highest BCUT2D eigenvalue weighted by atomic mass is 35.7. The van der Waals surface area contributed by atoms with Crippen LogP contribution >= 0.6 is 22.2 Å². The molecule has 0 fully saturated rings. The maximum absolute atomic E-state index is 7.15. The van der Waals surface area contributed by atoms with Gasteiger partial charge in [0.15, 0.2) is 0 Å². The third kappa shape index (κ3) is 4.47. The maximum Gasteiger partial charge on any atom is 0.265 e. The van der Waals surface area contributed by atoms with Crippen LogP contribution in [-0.4, -0.2) is 6.69 Å². The van der Waals surface area contributed by atoms with Crippen LogP contribution in [0.4, 0.5) is 0 Å². The molecule has 2 aromatic carbocycles. The standard InChI is InChI=1S/C22H26Cl2Si/c1-5-17-9-13-19(14-10-17)21(7-3)25(23,24)22(8-4)20-15-11-18(6-2)12-16-20/h5-6,9-16,21-22H,1-2,7-8H2,3-4H3. The molecule has 0 aliphatic carbocycles. The molecule has 0 radical (unpaired) electrons. The molecule has 25 heavy (non-hydrogen) atoms. The molecule has 0 N–H and O–H groups in total. The predicted octanol–water partition coefficient (Wildman–Crippen LogP) is 7.66. The van der Waals surface area contributed by atoms with Crippen LogP contribution in [0.3, 0.4) is 0 Å². The highest BCUT2D eigenvalue weighted by molar-refractivity contribution is 7.46. The second kappa shape index (κ2) is 8.89. The third-order valence-corrected chi connectivity index (χ3v) is 11.4. The minimum atomic E-state index is -2.61. The Balaban J connectivity index is 2.38. The number of benzene rings is 2. The second-order valence-corrected chi connectivity index (χ2v) is 13.4. The summed E-state index contributed by atoms with van der Waals surface area (Å²) in [6.45, 7) is 9.38. The number of hydrogen-bond acceptors (Lipinski definition) is 0. The first-order chi connectivity index (χ1) is 12.0. The fraction of sp³-hybridized carbons (Fsp3) is 0.273. The second-order valence-electron chi connectivity index (χ2n) is 6.34. The minimum absolute atomic E-state index is 0.193. The van der Waals surface area contributed by atoms with Gasteiger partial charge in [0.05, 0.1) is 0 Å². The molecule has 0 nitrogen and oxygen atoms in total. The van der Waals surface area contributed by atoms with Crippen molar-refractivity contribution in [3.63, 3.8) is 0 Å². The van der Waals surface area contributed by atoms with Crippen LogP contribution < -0.4 is 0 Å². The van der Waals surface area contributed by atoms with Crippen LogP contribution in [0.5, 0.6) is 0 Å². The summed E-state index contributed by atoms with van der Waals surface area (Å²) in [5.41, 5.74) is 5.07. The Kier molecular flexibility index (Phi) is 7.12. The Morgan fingerprint density at radius 3 is 1.32 bits per heavy atom. The van der Waals surface area contributed by atoms with Gasteiger partial charge >= 0.3 is 0 Å². The van der Waals surface area contributed by atoms with Crippen molar-refractivity contribution in [1.82, 2.24) is 0 Å². The molecular weight excluding hydrogens is 363 g/mol. The molecule has 0 heterocycles. The zero-order valence-corrected chi connectivity index (χ0v) is 17.5. The van der Waals surface area contributed by atoms with Gasteiger partial charge in [0.25, 0.3) is 6.69 Å². The zero-order chi connectivity index (χ0) is 18.4. The van der Waals surface area contributed by atoms with Gasteiger partial charge in [0.1, 0.15) is 0 Å². The zero-order valence-electron chi connectivity index (χ0n) is 15.0. The average molecular weight is 389 g/mol. The molecule has 0 saturated heterocycles. The van der Waals surface area contributed by atoms with E-state index < -0.39 is 6.69 Å². The molecule has 2 unspecified atom stereocenters. The maximum atomic E-state index is 7.15. The van der Waals surface area contributed by atoms with Gasteiger partial charge in [-0.15, -0.1) is 22.2 Å². The van der Waals surface area contributed by atoms with Gasteiger partial charge < -0.3 is 0 Å². The number of rotatable bonds is 8. The van der Waals surface area contributed by atoms with E-state index in [1.165, 1.54) is 11.1 Å². The van der Waals surface area contributed by atoms with E-state index in [1.807, 2.05) is 12.2 Å². The van der Waals surface area contributed by atoms with E-state index in [2.05, 4.69) is 75.5 Å². The Hall–Kier alpha value is -1.28. The summed E-state index contributed by atoms with van der Waals surface area (Å²) >= 11 is 14.3. The van der Waals surface area contributed by atoms with E-state index in [0.29, 0.717) is 0 Å². The van der Waals surface area contributed by atoms with Gasteiger partial charge in [-0.3, -0.25) is 0 Å². The summed E-state index contributed by atoms with van der Waals surface area (Å²) in [4.78, 5) is 0. The van der Waals surface area contributed by atoms with Crippen molar-refractivity contribution < 1.29 is 0 Å². The van der Waals surface area contributed by atoms with Crippen LogP contribution in [-0.2, 0) is 0 Å². The van der Waals surface area contributed by atoms with Crippen molar-refractivity contribution in [3.8, 4) is 0 Å². The number of halogens is 2. The summed E-state index contributed by atoms with van der Waals surface area (Å²) in [7, 11) is 0. The molecule has 0 bridgehead atoms. The van der Waals surface area contributed by atoms with Crippen molar-refractivity contribution in [2.24, 2.45) is 0 Å². The molecule has 0 spiro atoms. The number of hydrogen-bond donors (Lipinski definition) is 0. The summed E-state index contributed by atoms with van der Waals surface area (Å²) in [6, 6.07) is 16.9. The summed E-state index contributed by atoms with van der Waals surface area (Å²) in [5.74, 6) is 0. The normalized spacial score (nSPS) is 13.9. The summed E-state index contributed by atoms with van der Waals surface area (Å²) in [6.07, 6.45) is 5.58. The molecule has 0 saturated carbocycles. The molecule has 0 aliphatic rings. The van der Waals surface area contributed by atoms with Gasteiger partial charge in [0.2, 0.25) is 0 Å². The lowest BCUT2D eigenvalue weighted by atomic mass is 10.1. The summed E-state index contributed by atoms with van der Waals surface area (Å²) in [5, 5.41) is 0. The Bertz CT molecular complexity index is 640. The quantitative estimate of drug-likeness (QED) is 0.321. The lowest BCUT2D eigenvalue weighted by molar-refractivity contribution is 0.790. The fourth-order valence-electron chi connectivity index (χ4n) is 3.43. The first-order valence-electron chi connectivity index (χ1n) is 8.80. The summed E-state index contributed by atoms with van der Waals surface area (Å²) < 4.78 is 0. The highest BCUT2D eigenvalue weighted by Gasteiger charge is 2.45. The first-order valence-corrected chi connectivity index (χ1v) is 13.0. The van der Waals surface area contributed by atoms with E-state index in [0.717, 1.165) is 24.0 Å². The highest BCUT2D eigenvalue weighted by Crippen LogP contribution is 2.46. The molecule has 3 heteroatoms. The van der Waals surface area contributed by atoms with Crippen LogP contribution in [0.15, 0.2) is 61.7 Å². The van der Waals surface area contributed by atoms with Gasteiger partial charge in [-0.1, -0.05) is 87.7 Å². The van der Waals surface area contributed by atoms with E-state index in [4.69, 9.17) is 22.2 Å². The van der Waals surface area contributed by atoms with E-state index in [-0.39, 0.29) is 11.1 Å². The lowest BCUT2D eigenvalue weighted by Crippen LogP contribution is -2.37. The largest absolute Gasteiger partial charge is 0.265 e. The molecule has 2 atom stereocenters. The molecule has 0 amide bonds. The molecule has 2 rings (SSSR count). The lowest BCUT2D eigenvalue weighted by Gasteiger charge is -2.34. The SMILES string of the molecule is C=Cc1ccc(C(CC)[Si](Cl)(Cl)C(CC)c2ccc(C=C)cc2)cc1. The third-order valence-electron chi connectivity index (χ3n) is 4.89.